The van der Waals surface area contributed by atoms with Gasteiger partial charge in [0.2, 0.25) is 17.8 Å². The first-order chi connectivity index (χ1) is 65.2. The molecule has 6 aromatic carbocycles. The molecular formula is C94H82Al2F9I2N18NaO6S6. The summed E-state index contributed by atoms with van der Waals surface area (Å²) >= 11 is 21.7. The molecule has 704 valence electrons. The van der Waals surface area contributed by atoms with Gasteiger partial charge in [0.1, 0.15) is 34.9 Å². The van der Waals surface area contributed by atoms with Crippen LogP contribution in [0.5, 0.6) is 0 Å². The van der Waals surface area contributed by atoms with Gasteiger partial charge in [-0.15, -0.1) is 0 Å². The van der Waals surface area contributed by atoms with Gasteiger partial charge in [-0.25, -0.2) is 61.2 Å². The molecule has 19 rings (SSSR count). The number of nitrogens with zero attached hydrogens (tertiary/aromatic N) is 10. The average Bonchev–Trinajstić information content (AvgIpc) is 1.64. The Kier molecular flexibility index (Phi) is 53.3. The second kappa shape index (κ2) is 62.4. The van der Waals surface area contributed by atoms with Crippen molar-refractivity contribution in [3.8, 4) is 135 Å². The van der Waals surface area contributed by atoms with Crippen LogP contribution in [-0.4, -0.2) is 176 Å². The van der Waals surface area contributed by atoms with Crippen LogP contribution in [0.15, 0.2) is 295 Å². The van der Waals surface area contributed by atoms with Crippen LogP contribution in [0.4, 0.5) is 39.5 Å². The van der Waals surface area contributed by atoms with Gasteiger partial charge < -0.3 is 61.0 Å². The zero-order valence-corrected chi connectivity index (χ0v) is 87.6. The van der Waals surface area contributed by atoms with Crippen LogP contribution in [0.25, 0.3) is 135 Å². The molecular weight excluding hydrogens is 2170 g/mol. The first-order valence-electron chi connectivity index (χ1n) is 39.2. The summed E-state index contributed by atoms with van der Waals surface area (Å²) in [5.74, 6) is -3.40. The number of hydrogen-bond donors (Lipinski definition) is 8. The number of H-pyrrole nitrogens is 8. The standard InChI is InChI=1S/2C15H11F2N3S.2C15H12FN3S.C14H9F2N3S.C14H10FN3S.C3H6.2CH3I.CH2O3.2Al.Na.2H2O.O/c2*1-21-15-19-13(9-2-4-11(16)5-3-9)14(20-15)10-6-7-18-12(17)8-10;2*1-20-15-18-13(10-2-4-12(16)5-3-10)14(19-15)11-6-8-17-9-7-11;15-10-3-1-8(2-4-10)12-13(19-14(20)18-12)9-5-6-17-11(16)7-9;15-11-3-1-9(2-4-11)12-13(18-14(19)17-12)10-5-7-16-8-6-10;1-2-3-1;2*1-2;2-1-4-3;;;;;;/h2*2-8H,1H3,(H,19,20);2*2-9H,1H3,(H,18,19);1-7H,(H2,18,19,20);1-8H,(H2,17,18,19);1-3H2;2*1H3;1,3H;;;;2*1H2;/q;;;;;;;;;;;;+1;;;/p-1. The maximum absolute atomic E-state index is 13.3. The molecule has 0 unspecified atom stereocenters. The number of benzene rings is 6. The summed E-state index contributed by atoms with van der Waals surface area (Å²) in [7, 11) is 0. The van der Waals surface area contributed by atoms with Crippen molar-refractivity contribution in [1.82, 2.24) is 89.7 Å². The zero-order valence-electron chi connectivity index (χ0n) is 74.0. The molecule has 1 aliphatic rings. The molecule has 44 heteroatoms. The summed E-state index contributed by atoms with van der Waals surface area (Å²) in [6.45, 7) is -0.181. The molecule has 1 saturated carbocycles. The van der Waals surface area contributed by atoms with E-state index in [-0.39, 0.29) is 99.2 Å². The van der Waals surface area contributed by atoms with Gasteiger partial charge in [0, 0.05) is 158 Å². The van der Waals surface area contributed by atoms with E-state index < -0.39 is 17.8 Å². The van der Waals surface area contributed by atoms with Gasteiger partial charge in [0.05, 0.1) is 68.3 Å². The van der Waals surface area contributed by atoms with Crippen molar-refractivity contribution in [3.63, 3.8) is 0 Å². The molecule has 0 aliphatic heterocycles. The Balaban J connectivity index is 0.000000283. The molecule has 1 fully saturated rings. The fourth-order valence-corrected chi connectivity index (χ4v) is 13.9. The van der Waals surface area contributed by atoms with E-state index in [4.69, 9.17) is 38.3 Å². The third kappa shape index (κ3) is 35.6. The van der Waals surface area contributed by atoms with Crippen LogP contribution in [0.2, 0.25) is 0 Å². The van der Waals surface area contributed by atoms with Gasteiger partial charge in [0.25, 0.3) is 6.47 Å². The van der Waals surface area contributed by atoms with Gasteiger partial charge in [-0.1, -0.05) is 111 Å². The quantitative estimate of drug-likeness (QED) is 0.00401. The Bertz CT molecular complexity index is 6530. The number of imidazole rings is 6. The van der Waals surface area contributed by atoms with Crippen LogP contribution in [0, 0.1) is 62.3 Å². The monoisotopic (exact) mass is 2250 g/mol. The Morgan fingerprint density at radius 2 is 0.493 bits per heavy atom. The SMILES string of the molecule is C1CC1.CI.CI.CSc1nc(-c2ccc(F)cc2)c(-c2ccncc2)[nH]1.CSc1nc(-c2ccc(F)cc2)c(-c2ccncc2)[nH]1.CSc1nc(-c2ccnc(F)c2)c(-c2ccc(F)cc2)[nH]1.CSc1nc(-c2ccnc(F)c2)c(-c2ccc(F)cc2)[nH]1.Fc1ccc(-c2[nH]c(=S)[nH]c2-c2ccnc(F)c2)cc1.Fc1ccc(-c2[nH]c(=S)[nH]c2-c2ccncc2)cc1.O.O.O=CO[O-].[Al].[Na+].[O]=[Al]. The molecule has 0 amide bonds. The van der Waals surface area contributed by atoms with E-state index in [1.165, 1.54) is 192 Å². The number of aromatic amines is 8. The molecule has 12 aromatic heterocycles. The number of hydrogen-bond acceptors (Lipinski definition) is 20. The third-order valence-electron chi connectivity index (χ3n) is 18.0. The molecule has 12 N–H and O–H groups in total. The fourth-order valence-electron chi connectivity index (χ4n) is 12.0. The number of nitrogens with one attached hydrogen (secondary N) is 8. The fraction of sp³-hybridized carbons (Fsp3) is 0.0957. The van der Waals surface area contributed by atoms with E-state index in [1.54, 1.807) is 128 Å². The molecule has 0 atom stereocenters. The van der Waals surface area contributed by atoms with Crippen molar-refractivity contribution in [2.24, 2.45) is 0 Å². The second-order valence-electron chi connectivity index (χ2n) is 26.6. The van der Waals surface area contributed by atoms with E-state index in [9.17, 15) is 39.5 Å². The third-order valence-corrected chi connectivity index (χ3v) is 20.8. The predicted octanol–water partition coefficient (Wildman–Crippen LogP) is 20.5. The van der Waals surface area contributed by atoms with Crippen LogP contribution in [-0.2, 0) is 13.5 Å². The van der Waals surface area contributed by atoms with E-state index in [2.05, 4.69) is 140 Å². The number of rotatable bonds is 17. The molecule has 0 saturated heterocycles. The number of pyridine rings is 6. The molecule has 138 heavy (non-hydrogen) atoms. The predicted molar refractivity (Wildman–Crippen MR) is 545 cm³/mol. The number of carbonyl (C=O) groups is 1. The van der Waals surface area contributed by atoms with E-state index in [0.717, 1.165) is 106 Å². The normalized spacial score (nSPS) is 10.2. The molecule has 0 bridgehead atoms. The topological polar surface area (TPSA) is 385 Å². The number of aromatic nitrogens is 18. The molecule has 12 heterocycles. The Morgan fingerprint density at radius 3 is 0.710 bits per heavy atom. The van der Waals surface area contributed by atoms with Crippen molar-refractivity contribution < 1.29 is 98.8 Å². The molecule has 24 nitrogen and oxygen atoms in total. The van der Waals surface area contributed by atoms with Gasteiger partial charge in [0.15, 0.2) is 30.2 Å². The Hall–Kier alpha value is -10.6. The van der Waals surface area contributed by atoms with Gasteiger partial charge >= 0.3 is 49.6 Å². The Labute approximate surface area is 882 Å². The van der Waals surface area contributed by atoms with Crippen molar-refractivity contribution in [2.45, 2.75) is 39.9 Å². The maximum atomic E-state index is 13.3. The molecule has 0 spiro atoms. The first kappa shape index (κ1) is 118. The van der Waals surface area contributed by atoms with Crippen LogP contribution < -0.4 is 34.8 Å². The summed E-state index contributed by atoms with van der Waals surface area (Å²) in [5.41, 5.74) is 19.0. The summed E-state index contributed by atoms with van der Waals surface area (Å²) in [6.07, 6.45) is 26.8. The number of alkyl halides is 2. The van der Waals surface area contributed by atoms with Crippen molar-refractivity contribution in [3.05, 3.63) is 336 Å². The number of halogens is 11. The molecule has 1 aliphatic carbocycles. The summed E-state index contributed by atoms with van der Waals surface area (Å²) in [6, 6.07) is 57.6. The second-order valence-corrected chi connectivity index (χ2v) is 30.6. The van der Waals surface area contributed by atoms with E-state index in [1.807, 2.05) is 71.3 Å². The molecule has 4 radical (unpaired) electrons. The van der Waals surface area contributed by atoms with Crippen molar-refractivity contribution >= 4 is 157 Å². The van der Waals surface area contributed by atoms with Crippen LogP contribution in [0.3, 0.4) is 0 Å². The van der Waals surface area contributed by atoms with Gasteiger partial charge in [-0.05, 0) is 260 Å². The van der Waals surface area contributed by atoms with Gasteiger partial charge in [-0.3, -0.25) is 19.7 Å². The van der Waals surface area contributed by atoms with E-state index >= 15 is 0 Å². The first-order valence-corrected chi connectivity index (χ1v) is 49.7. The number of thioether (sulfide) groups is 4. The van der Waals surface area contributed by atoms with Crippen LogP contribution in [0.1, 0.15) is 19.3 Å². The summed E-state index contributed by atoms with van der Waals surface area (Å²) < 4.78 is 127. The Morgan fingerprint density at radius 1 is 0.312 bits per heavy atom. The number of carbonyl (C=O) groups excluding carboxylic acids is 1. The van der Waals surface area contributed by atoms with Crippen molar-refractivity contribution in [1.29, 1.82) is 0 Å². The summed E-state index contributed by atoms with van der Waals surface area (Å²) in [4.78, 5) is 81.0. The van der Waals surface area contributed by atoms with Crippen molar-refractivity contribution in [2.75, 3.05) is 34.9 Å². The average molecular weight is 2250 g/mol. The minimum atomic E-state index is -0.576. The molecule has 18 aromatic rings. The van der Waals surface area contributed by atoms with Gasteiger partial charge in [-0.2, -0.15) is 13.2 Å². The van der Waals surface area contributed by atoms with E-state index in [0.29, 0.717) is 59.3 Å². The minimum absolute atomic E-state index is 0. The zero-order chi connectivity index (χ0) is 96.4. The summed E-state index contributed by atoms with van der Waals surface area (Å²) in [5, 5.41) is 11.5. The van der Waals surface area contributed by atoms with Crippen LogP contribution >= 0.6 is 117 Å².